The molecular formula is C16H27NO. The highest BCUT2D eigenvalue weighted by Gasteiger charge is 1.97. The molecule has 0 saturated heterocycles. The van der Waals surface area contributed by atoms with E-state index >= 15 is 0 Å². The van der Waals surface area contributed by atoms with Crippen molar-refractivity contribution >= 4 is 0 Å². The van der Waals surface area contributed by atoms with Gasteiger partial charge in [-0.3, -0.25) is 0 Å². The molecule has 0 amide bonds. The molecule has 1 aromatic rings. The van der Waals surface area contributed by atoms with Gasteiger partial charge in [0.15, 0.2) is 0 Å². The summed E-state index contributed by atoms with van der Waals surface area (Å²) >= 11 is 0. The summed E-state index contributed by atoms with van der Waals surface area (Å²) < 4.78 is 5.63. The zero-order chi connectivity index (χ0) is 13.2. The normalized spacial score (nSPS) is 10.9. The van der Waals surface area contributed by atoms with Gasteiger partial charge in [0, 0.05) is 6.54 Å². The Kier molecular flexibility index (Phi) is 7.51. The molecule has 0 aliphatic heterocycles. The molecule has 0 heterocycles. The molecule has 0 aliphatic rings. The van der Waals surface area contributed by atoms with Gasteiger partial charge in [-0.1, -0.05) is 32.9 Å². The summed E-state index contributed by atoms with van der Waals surface area (Å²) in [5, 5.41) is 3.48. The second-order valence-corrected chi connectivity index (χ2v) is 5.21. The fraction of sp³-hybridized carbons (Fsp3) is 0.625. The van der Waals surface area contributed by atoms with Crippen molar-refractivity contribution in [1.82, 2.24) is 5.32 Å². The van der Waals surface area contributed by atoms with E-state index in [1.165, 1.54) is 18.4 Å². The van der Waals surface area contributed by atoms with Gasteiger partial charge in [0.1, 0.15) is 5.75 Å². The van der Waals surface area contributed by atoms with Crippen LogP contribution in [0.1, 0.15) is 45.6 Å². The van der Waals surface area contributed by atoms with E-state index in [1.54, 1.807) is 0 Å². The molecule has 18 heavy (non-hydrogen) atoms. The average Bonchev–Trinajstić information content (AvgIpc) is 2.36. The number of nitrogens with one attached hydrogen (secondary N) is 1. The minimum absolute atomic E-state index is 0.797. The van der Waals surface area contributed by atoms with Crippen LogP contribution >= 0.6 is 0 Å². The zero-order valence-corrected chi connectivity index (χ0v) is 12.0. The summed E-state index contributed by atoms with van der Waals surface area (Å²) in [7, 11) is 0. The van der Waals surface area contributed by atoms with Gasteiger partial charge < -0.3 is 10.1 Å². The van der Waals surface area contributed by atoms with Crippen LogP contribution in [0.4, 0.5) is 0 Å². The molecule has 0 unspecified atom stereocenters. The van der Waals surface area contributed by atoms with Gasteiger partial charge in [-0.2, -0.15) is 0 Å². The summed E-state index contributed by atoms with van der Waals surface area (Å²) in [4.78, 5) is 0. The topological polar surface area (TPSA) is 21.3 Å². The van der Waals surface area contributed by atoms with Gasteiger partial charge in [-0.25, -0.2) is 0 Å². The van der Waals surface area contributed by atoms with Crippen LogP contribution in [0.3, 0.4) is 0 Å². The van der Waals surface area contributed by atoms with Gasteiger partial charge in [0.05, 0.1) is 6.61 Å². The van der Waals surface area contributed by atoms with Gasteiger partial charge >= 0.3 is 0 Å². The van der Waals surface area contributed by atoms with Crippen molar-refractivity contribution in [3.63, 3.8) is 0 Å². The fourth-order valence-corrected chi connectivity index (χ4v) is 1.83. The Morgan fingerprint density at radius 1 is 1.28 bits per heavy atom. The van der Waals surface area contributed by atoms with Crippen molar-refractivity contribution in [2.24, 2.45) is 5.92 Å². The van der Waals surface area contributed by atoms with E-state index < -0.39 is 0 Å². The van der Waals surface area contributed by atoms with Crippen LogP contribution in [-0.4, -0.2) is 13.2 Å². The van der Waals surface area contributed by atoms with E-state index in [4.69, 9.17) is 4.74 Å². The summed E-state index contributed by atoms with van der Waals surface area (Å²) in [6, 6.07) is 8.37. The molecule has 0 atom stereocenters. The first-order chi connectivity index (χ1) is 8.72. The Bertz CT molecular complexity index is 323. The molecule has 1 aromatic carbocycles. The van der Waals surface area contributed by atoms with Crippen LogP contribution in [0.15, 0.2) is 24.3 Å². The van der Waals surface area contributed by atoms with Crippen LogP contribution in [0, 0.1) is 5.92 Å². The Labute approximate surface area is 112 Å². The summed E-state index contributed by atoms with van der Waals surface area (Å²) in [6.45, 7) is 9.49. The van der Waals surface area contributed by atoms with Crippen molar-refractivity contribution in [2.75, 3.05) is 13.2 Å². The van der Waals surface area contributed by atoms with Crippen LogP contribution < -0.4 is 10.1 Å². The lowest BCUT2D eigenvalue weighted by Crippen LogP contribution is -2.15. The summed E-state index contributed by atoms with van der Waals surface area (Å²) in [5.41, 5.74) is 1.30. The number of rotatable bonds is 9. The third-order valence-corrected chi connectivity index (χ3v) is 2.84. The van der Waals surface area contributed by atoms with E-state index in [0.717, 1.165) is 37.8 Å². The Balaban J connectivity index is 2.24. The lowest BCUT2D eigenvalue weighted by Gasteiger charge is -2.09. The molecule has 2 nitrogen and oxygen atoms in total. The molecule has 2 heteroatoms. The number of benzene rings is 1. The summed E-state index contributed by atoms with van der Waals surface area (Å²) in [6.07, 6.45) is 3.61. The molecule has 0 aromatic heterocycles. The smallest absolute Gasteiger partial charge is 0.119 e. The van der Waals surface area contributed by atoms with Crippen molar-refractivity contribution in [1.29, 1.82) is 0 Å². The van der Waals surface area contributed by atoms with Crippen molar-refractivity contribution in [3.05, 3.63) is 29.8 Å². The highest BCUT2D eigenvalue weighted by atomic mass is 16.5. The molecular weight excluding hydrogens is 222 g/mol. The molecule has 0 aliphatic carbocycles. The third-order valence-electron chi connectivity index (χ3n) is 2.84. The zero-order valence-electron chi connectivity index (χ0n) is 12.0. The van der Waals surface area contributed by atoms with Crippen LogP contribution in [0.5, 0.6) is 5.75 Å². The molecule has 0 spiro atoms. The lowest BCUT2D eigenvalue weighted by atomic mass is 10.1. The molecule has 1 N–H and O–H groups in total. The molecule has 0 fully saturated rings. The Hall–Kier alpha value is -1.02. The number of hydrogen-bond donors (Lipinski definition) is 1. The lowest BCUT2D eigenvalue weighted by molar-refractivity contribution is 0.317. The van der Waals surface area contributed by atoms with Gasteiger partial charge in [-0.15, -0.1) is 0 Å². The van der Waals surface area contributed by atoms with Crippen molar-refractivity contribution in [2.45, 2.75) is 46.6 Å². The van der Waals surface area contributed by atoms with E-state index in [-0.39, 0.29) is 0 Å². The predicted molar refractivity (Wildman–Crippen MR) is 78.0 cm³/mol. The van der Waals surface area contributed by atoms with E-state index in [9.17, 15) is 0 Å². The summed E-state index contributed by atoms with van der Waals surface area (Å²) in [5.74, 6) is 1.79. The average molecular weight is 249 g/mol. The minimum Gasteiger partial charge on any atom is -0.494 e. The first-order valence-electron chi connectivity index (χ1n) is 7.14. The standard InChI is InChI=1S/C16H27NO/c1-4-11-18-16-9-5-8-15(12-16)13-17-10-6-7-14(2)3/h5,8-9,12,14,17H,4,6-7,10-11,13H2,1-3H3. The van der Waals surface area contributed by atoms with E-state index in [0.29, 0.717) is 0 Å². The Morgan fingerprint density at radius 3 is 2.83 bits per heavy atom. The maximum atomic E-state index is 5.63. The second-order valence-electron chi connectivity index (χ2n) is 5.21. The Morgan fingerprint density at radius 2 is 2.11 bits per heavy atom. The molecule has 0 bridgehead atoms. The monoisotopic (exact) mass is 249 g/mol. The minimum atomic E-state index is 0.797. The number of hydrogen-bond acceptors (Lipinski definition) is 2. The first-order valence-corrected chi connectivity index (χ1v) is 7.14. The van der Waals surface area contributed by atoms with E-state index in [1.807, 2.05) is 6.07 Å². The number of ether oxygens (including phenoxy) is 1. The van der Waals surface area contributed by atoms with Gasteiger partial charge in [-0.05, 0) is 49.4 Å². The predicted octanol–water partition coefficient (Wildman–Crippen LogP) is 4.00. The maximum Gasteiger partial charge on any atom is 0.119 e. The van der Waals surface area contributed by atoms with Gasteiger partial charge in [0.25, 0.3) is 0 Å². The molecule has 102 valence electrons. The largest absolute Gasteiger partial charge is 0.494 e. The van der Waals surface area contributed by atoms with Crippen LogP contribution in [-0.2, 0) is 6.54 Å². The molecule has 0 radical (unpaired) electrons. The maximum absolute atomic E-state index is 5.63. The van der Waals surface area contributed by atoms with Crippen LogP contribution in [0.2, 0.25) is 0 Å². The van der Waals surface area contributed by atoms with Crippen molar-refractivity contribution in [3.8, 4) is 5.75 Å². The second kappa shape index (κ2) is 8.98. The molecule has 1 rings (SSSR count). The van der Waals surface area contributed by atoms with E-state index in [2.05, 4.69) is 44.3 Å². The van der Waals surface area contributed by atoms with Gasteiger partial charge in [0.2, 0.25) is 0 Å². The highest BCUT2D eigenvalue weighted by Crippen LogP contribution is 2.13. The highest BCUT2D eigenvalue weighted by molar-refractivity contribution is 5.28. The van der Waals surface area contributed by atoms with Crippen LogP contribution in [0.25, 0.3) is 0 Å². The molecule has 0 saturated carbocycles. The third kappa shape index (κ3) is 6.65. The fourth-order valence-electron chi connectivity index (χ4n) is 1.83. The first kappa shape index (κ1) is 15.0. The quantitative estimate of drug-likeness (QED) is 0.668. The van der Waals surface area contributed by atoms with Crippen molar-refractivity contribution < 1.29 is 4.74 Å². The SMILES string of the molecule is CCCOc1cccc(CNCCCC(C)C)c1.